The second kappa shape index (κ2) is 8.37. The van der Waals surface area contributed by atoms with Crippen LogP contribution >= 0.6 is 24.0 Å². The smallest absolute Gasteiger partial charge is 0.227 e. The molecule has 16 heavy (non-hydrogen) atoms. The van der Waals surface area contributed by atoms with Gasteiger partial charge in [-0.15, -0.1) is 30.6 Å². The van der Waals surface area contributed by atoms with Gasteiger partial charge < -0.3 is 16.4 Å². The van der Waals surface area contributed by atoms with Crippen molar-refractivity contribution in [3.8, 4) is 0 Å². The van der Waals surface area contributed by atoms with Gasteiger partial charge in [-0.1, -0.05) is 6.08 Å². The number of aliphatic imine (C=N–C) groups is 1. The summed E-state index contributed by atoms with van der Waals surface area (Å²) in [5.41, 5.74) is 5.02. The van der Waals surface area contributed by atoms with Crippen LogP contribution in [0.15, 0.2) is 17.6 Å². The predicted octanol–water partition coefficient (Wildman–Crippen LogP) is 0.467. The summed E-state index contributed by atoms with van der Waals surface area (Å²) >= 11 is 0. The van der Waals surface area contributed by atoms with E-state index in [9.17, 15) is 4.79 Å². The quantitative estimate of drug-likeness (QED) is 0.295. The molecule has 1 amide bonds. The summed E-state index contributed by atoms with van der Waals surface area (Å²) in [5, 5.41) is 5.43. The van der Waals surface area contributed by atoms with E-state index in [1.54, 1.807) is 13.1 Å². The zero-order valence-electron chi connectivity index (χ0n) is 10.0. The Bertz CT molecular complexity index is 264. The van der Waals surface area contributed by atoms with Crippen LogP contribution in [0.3, 0.4) is 0 Å². The van der Waals surface area contributed by atoms with Crippen molar-refractivity contribution in [3.63, 3.8) is 0 Å². The molecule has 0 saturated carbocycles. The van der Waals surface area contributed by atoms with E-state index in [4.69, 9.17) is 5.73 Å². The van der Waals surface area contributed by atoms with E-state index in [1.165, 1.54) is 0 Å². The second-order valence-corrected chi connectivity index (χ2v) is 3.83. The summed E-state index contributed by atoms with van der Waals surface area (Å²) in [4.78, 5) is 15.5. The first-order chi connectivity index (χ1) is 6.94. The van der Waals surface area contributed by atoms with Gasteiger partial charge in [-0.05, 0) is 13.8 Å². The maximum absolute atomic E-state index is 11.4. The Balaban J connectivity index is 0. The number of rotatable bonds is 5. The molecule has 0 aromatic heterocycles. The van der Waals surface area contributed by atoms with E-state index >= 15 is 0 Å². The van der Waals surface area contributed by atoms with E-state index in [0.717, 1.165) is 0 Å². The molecule has 0 rings (SSSR count). The number of hydrogen-bond donors (Lipinski definition) is 3. The standard InChI is InChI=1S/C10H20N4O.HI/c1-5-6-13-9(11)14-7-10(2,3)8(15)12-4;/h5H,1,6-7H2,2-4H3,(H,12,15)(H3,11,13,14);1H. The predicted molar refractivity (Wildman–Crippen MR) is 78.0 cm³/mol. The molecule has 0 aliphatic rings. The molecule has 0 radical (unpaired) electrons. The van der Waals surface area contributed by atoms with Gasteiger partial charge in [0.15, 0.2) is 5.96 Å². The Morgan fingerprint density at radius 2 is 2.12 bits per heavy atom. The molecule has 6 heteroatoms. The lowest BCUT2D eigenvalue weighted by Gasteiger charge is -2.20. The van der Waals surface area contributed by atoms with Crippen LogP contribution in [0.4, 0.5) is 0 Å². The van der Waals surface area contributed by atoms with Crippen molar-refractivity contribution in [3.05, 3.63) is 12.7 Å². The zero-order chi connectivity index (χ0) is 11.9. The van der Waals surface area contributed by atoms with Gasteiger partial charge in [0.2, 0.25) is 5.91 Å². The van der Waals surface area contributed by atoms with E-state index in [1.807, 2.05) is 13.8 Å². The van der Waals surface area contributed by atoms with E-state index < -0.39 is 5.41 Å². The number of amides is 1. The number of nitrogens with zero attached hydrogens (tertiary/aromatic N) is 1. The molecule has 0 atom stereocenters. The Morgan fingerprint density at radius 3 is 2.56 bits per heavy atom. The van der Waals surface area contributed by atoms with Gasteiger partial charge in [0.25, 0.3) is 0 Å². The molecule has 5 nitrogen and oxygen atoms in total. The molecule has 0 fully saturated rings. The van der Waals surface area contributed by atoms with Gasteiger partial charge >= 0.3 is 0 Å². The molecule has 0 heterocycles. The van der Waals surface area contributed by atoms with E-state index in [2.05, 4.69) is 22.2 Å². The Labute approximate surface area is 114 Å². The molecule has 0 aromatic carbocycles. The highest BCUT2D eigenvalue weighted by Crippen LogP contribution is 2.14. The lowest BCUT2D eigenvalue weighted by Crippen LogP contribution is -2.39. The molecule has 0 aliphatic carbocycles. The van der Waals surface area contributed by atoms with E-state index in [-0.39, 0.29) is 29.9 Å². The number of carbonyl (C=O) groups excluding carboxylic acids is 1. The number of nitrogens with two attached hydrogens (primary N) is 1. The topological polar surface area (TPSA) is 79.5 Å². The zero-order valence-corrected chi connectivity index (χ0v) is 12.4. The van der Waals surface area contributed by atoms with Crippen LogP contribution in [0.1, 0.15) is 13.8 Å². The van der Waals surface area contributed by atoms with Gasteiger partial charge in [-0.3, -0.25) is 9.79 Å². The summed E-state index contributed by atoms with van der Waals surface area (Å²) in [6.07, 6.45) is 1.69. The van der Waals surface area contributed by atoms with Crippen molar-refractivity contribution in [1.82, 2.24) is 10.6 Å². The normalized spacial score (nSPS) is 11.3. The Hall–Kier alpha value is -0.790. The number of hydrogen-bond acceptors (Lipinski definition) is 2. The van der Waals surface area contributed by atoms with Crippen molar-refractivity contribution in [2.24, 2.45) is 16.1 Å². The average molecular weight is 340 g/mol. The molecular formula is C10H21IN4O. The maximum atomic E-state index is 11.4. The first-order valence-corrected chi connectivity index (χ1v) is 4.81. The monoisotopic (exact) mass is 340 g/mol. The highest BCUT2D eigenvalue weighted by Gasteiger charge is 2.26. The number of halogens is 1. The minimum absolute atomic E-state index is 0. The van der Waals surface area contributed by atoms with Crippen molar-refractivity contribution in [1.29, 1.82) is 0 Å². The first kappa shape index (κ1) is 17.6. The summed E-state index contributed by atoms with van der Waals surface area (Å²) < 4.78 is 0. The molecule has 0 bridgehead atoms. The lowest BCUT2D eigenvalue weighted by atomic mass is 9.93. The maximum Gasteiger partial charge on any atom is 0.227 e. The van der Waals surface area contributed by atoms with Crippen LogP contribution in [-0.2, 0) is 4.79 Å². The fourth-order valence-corrected chi connectivity index (χ4v) is 0.926. The largest absolute Gasteiger partial charge is 0.370 e. The number of carbonyl (C=O) groups is 1. The summed E-state index contributed by atoms with van der Waals surface area (Å²) in [7, 11) is 1.60. The van der Waals surface area contributed by atoms with Crippen molar-refractivity contribution in [2.75, 3.05) is 20.1 Å². The highest BCUT2D eigenvalue weighted by atomic mass is 127. The molecule has 0 unspecified atom stereocenters. The van der Waals surface area contributed by atoms with Gasteiger partial charge in [0.05, 0.1) is 12.0 Å². The molecule has 0 spiro atoms. The summed E-state index contributed by atoms with van der Waals surface area (Å²) in [6, 6.07) is 0. The molecule has 4 N–H and O–H groups in total. The Kier molecular flexibility index (Phi) is 9.21. The summed E-state index contributed by atoms with van der Waals surface area (Å²) in [6.45, 7) is 8.09. The third-order valence-electron chi connectivity index (χ3n) is 1.91. The molecule has 0 aromatic rings. The lowest BCUT2D eigenvalue weighted by molar-refractivity contribution is -0.128. The average Bonchev–Trinajstić information content (AvgIpc) is 2.22. The SMILES string of the molecule is C=CCNC(N)=NCC(C)(C)C(=O)NC.I. The molecule has 94 valence electrons. The van der Waals surface area contributed by atoms with Gasteiger partial charge in [0.1, 0.15) is 0 Å². The van der Waals surface area contributed by atoms with E-state index in [0.29, 0.717) is 19.0 Å². The van der Waals surface area contributed by atoms with Crippen molar-refractivity contribution < 1.29 is 4.79 Å². The van der Waals surface area contributed by atoms with Crippen molar-refractivity contribution in [2.45, 2.75) is 13.8 Å². The molecule has 0 saturated heterocycles. The van der Waals surface area contributed by atoms with Crippen LogP contribution < -0.4 is 16.4 Å². The summed E-state index contributed by atoms with van der Waals surface area (Å²) in [5.74, 6) is 0.273. The highest BCUT2D eigenvalue weighted by molar-refractivity contribution is 14.0. The number of nitrogens with one attached hydrogen (secondary N) is 2. The fourth-order valence-electron chi connectivity index (χ4n) is 0.926. The van der Waals surface area contributed by atoms with Crippen LogP contribution in [0, 0.1) is 5.41 Å². The minimum atomic E-state index is -0.546. The van der Waals surface area contributed by atoms with Gasteiger partial charge in [-0.2, -0.15) is 0 Å². The molecular weight excluding hydrogens is 319 g/mol. The van der Waals surface area contributed by atoms with Crippen LogP contribution in [0.2, 0.25) is 0 Å². The third kappa shape index (κ3) is 6.65. The Morgan fingerprint density at radius 1 is 1.56 bits per heavy atom. The first-order valence-electron chi connectivity index (χ1n) is 4.81. The number of guanidine groups is 1. The fraction of sp³-hybridized carbons (Fsp3) is 0.600. The second-order valence-electron chi connectivity index (χ2n) is 3.83. The van der Waals surface area contributed by atoms with Crippen LogP contribution in [0.25, 0.3) is 0 Å². The van der Waals surface area contributed by atoms with Crippen LogP contribution in [-0.4, -0.2) is 32.0 Å². The van der Waals surface area contributed by atoms with Gasteiger partial charge in [-0.25, -0.2) is 0 Å². The minimum Gasteiger partial charge on any atom is -0.370 e. The molecule has 0 aliphatic heterocycles. The van der Waals surface area contributed by atoms with Crippen LogP contribution in [0.5, 0.6) is 0 Å². The van der Waals surface area contributed by atoms with Gasteiger partial charge in [0, 0.05) is 13.6 Å². The third-order valence-corrected chi connectivity index (χ3v) is 1.91. The van der Waals surface area contributed by atoms with Crippen molar-refractivity contribution >= 4 is 35.8 Å².